The molecule has 0 amide bonds. The zero-order valence-electron chi connectivity index (χ0n) is 12.0. The lowest BCUT2D eigenvalue weighted by molar-refractivity contribution is -0.0328. The van der Waals surface area contributed by atoms with Crippen LogP contribution in [0.15, 0.2) is 29.2 Å². The van der Waals surface area contributed by atoms with Crippen LogP contribution >= 0.6 is 11.8 Å². The topological polar surface area (TPSA) is 24.1 Å². The van der Waals surface area contributed by atoms with E-state index in [1.165, 1.54) is 31.4 Å². The first-order chi connectivity index (χ1) is 9.92. The van der Waals surface area contributed by atoms with Crippen molar-refractivity contribution in [3.8, 4) is 0 Å². The van der Waals surface area contributed by atoms with Gasteiger partial charge in [0.1, 0.15) is 0 Å². The molecule has 2 rings (SSSR count). The number of benzene rings is 1. The third-order valence-corrected chi connectivity index (χ3v) is 4.29. The molecule has 118 valence electrons. The summed E-state index contributed by atoms with van der Waals surface area (Å²) in [4.78, 5) is 0.217. The van der Waals surface area contributed by atoms with E-state index in [4.69, 9.17) is 0 Å². The first-order valence-corrected chi connectivity index (χ1v) is 8.10. The summed E-state index contributed by atoms with van der Waals surface area (Å²) in [6.07, 6.45) is 4.75. The van der Waals surface area contributed by atoms with Gasteiger partial charge in [0.15, 0.2) is 0 Å². The van der Waals surface area contributed by atoms with Crippen LogP contribution in [-0.4, -0.2) is 24.1 Å². The van der Waals surface area contributed by atoms with Crippen LogP contribution in [0.3, 0.4) is 0 Å². The molecule has 1 fully saturated rings. The molecule has 2 atom stereocenters. The average Bonchev–Trinajstić information content (AvgIpc) is 2.40. The number of piperidine rings is 1. The lowest BCUT2D eigenvalue weighted by atomic mass is 9.99. The predicted octanol–water partition coefficient (Wildman–Crippen LogP) is 4.63. The Labute approximate surface area is 127 Å². The van der Waals surface area contributed by atoms with Gasteiger partial charge in [-0.3, -0.25) is 0 Å². The highest BCUT2D eigenvalue weighted by molar-refractivity contribution is 8.00. The molecule has 2 unspecified atom stereocenters. The molecule has 1 heterocycles. The largest absolute Gasteiger partial charge is 0.446 e. The summed E-state index contributed by atoms with van der Waals surface area (Å²) < 4.78 is 36.8. The van der Waals surface area contributed by atoms with Crippen molar-refractivity contribution < 1.29 is 13.2 Å². The van der Waals surface area contributed by atoms with E-state index in [1.54, 1.807) is 12.1 Å². The monoisotopic (exact) mass is 318 g/mol. The van der Waals surface area contributed by atoms with Crippen molar-refractivity contribution in [2.45, 2.75) is 55.1 Å². The maximum absolute atomic E-state index is 12.3. The third kappa shape index (κ3) is 6.18. The molecule has 1 aliphatic rings. The number of nitrogens with one attached hydrogen (secondary N) is 2. The Balaban J connectivity index is 1.81. The van der Waals surface area contributed by atoms with Gasteiger partial charge in [0.05, 0.1) is 0 Å². The minimum Gasteiger partial charge on any atom is -0.383 e. The molecular formula is C15H21F3N2S. The molecule has 0 spiro atoms. The molecule has 6 heteroatoms. The number of rotatable bonds is 5. The Hall–Kier alpha value is -0.880. The van der Waals surface area contributed by atoms with Gasteiger partial charge in [-0.15, -0.1) is 0 Å². The zero-order chi connectivity index (χ0) is 15.3. The molecule has 1 saturated heterocycles. The summed E-state index contributed by atoms with van der Waals surface area (Å²) in [6, 6.07) is 7.26. The highest BCUT2D eigenvalue weighted by Gasteiger charge is 2.29. The lowest BCUT2D eigenvalue weighted by Gasteiger charge is -2.27. The van der Waals surface area contributed by atoms with Crippen molar-refractivity contribution >= 4 is 17.4 Å². The maximum Gasteiger partial charge on any atom is 0.446 e. The van der Waals surface area contributed by atoms with Gasteiger partial charge in [-0.05, 0) is 68.8 Å². The number of alkyl halides is 3. The van der Waals surface area contributed by atoms with Gasteiger partial charge in [0.25, 0.3) is 0 Å². The van der Waals surface area contributed by atoms with Crippen molar-refractivity contribution in [3.63, 3.8) is 0 Å². The molecule has 2 N–H and O–H groups in total. The minimum absolute atomic E-state index is 0.0810. The van der Waals surface area contributed by atoms with Crippen LogP contribution in [0.1, 0.15) is 32.6 Å². The number of halogens is 3. The van der Waals surface area contributed by atoms with Crippen molar-refractivity contribution in [3.05, 3.63) is 24.3 Å². The van der Waals surface area contributed by atoms with Gasteiger partial charge in [-0.25, -0.2) is 0 Å². The SMILES string of the molecule is CC(CC1CCCCN1)Nc1ccc(SC(F)(F)F)cc1. The number of thioether (sulfide) groups is 1. The third-order valence-electron chi connectivity index (χ3n) is 3.55. The highest BCUT2D eigenvalue weighted by atomic mass is 32.2. The fraction of sp³-hybridized carbons (Fsp3) is 0.600. The smallest absolute Gasteiger partial charge is 0.383 e. The molecular weight excluding hydrogens is 297 g/mol. The minimum atomic E-state index is -4.23. The van der Waals surface area contributed by atoms with Gasteiger partial charge in [0.2, 0.25) is 0 Å². The molecule has 0 bridgehead atoms. The van der Waals surface area contributed by atoms with E-state index in [9.17, 15) is 13.2 Å². The van der Waals surface area contributed by atoms with Gasteiger partial charge < -0.3 is 10.6 Å². The van der Waals surface area contributed by atoms with Gasteiger partial charge in [-0.1, -0.05) is 6.42 Å². The van der Waals surface area contributed by atoms with Crippen LogP contribution in [-0.2, 0) is 0 Å². The van der Waals surface area contributed by atoms with Crippen LogP contribution in [0.2, 0.25) is 0 Å². The second-order valence-electron chi connectivity index (χ2n) is 5.50. The van der Waals surface area contributed by atoms with E-state index in [-0.39, 0.29) is 16.7 Å². The van der Waals surface area contributed by atoms with E-state index in [0.717, 1.165) is 18.7 Å². The highest BCUT2D eigenvalue weighted by Crippen LogP contribution is 2.37. The van der Waals surface area contributed by atoms with Crippen LogP contribution in [0.25, 0.3) is 0 Å². The molecule has 1 aliphatic heterocycles. The number of hydrogen-bond acceptors (Lipinski definition) is 3. The molecule has 1 aromatic carbocycles. The zero-order valence-corrected chi connectivity index (χ0v) is 12.9. The predicted molar refractivity (Wildman–Crippen MR) is 81.7 cm³/mol. The van der Waals surface area contributed by atoms with Crippen molar-refractivity contribution in [1.29, 1.82) is 0 Å². The second kappa shape index (κ2) is 7.40. The van der Waals surface area contributed by atoms with Gasteiger partial charge >= 0.3 is 5.51 Å². The molecule has 1 aromatic rings. The molecule has 0 radical (unpaired) electrons. The van der Waals surface area contributed by atoms with Crippen LogP contribution in [0.5, 0.6) is 0 Å². The summed E-state index contributed by atoms with van der Waals surface area (Å²) >= 11 is -0.0810. The van der Waals surface area contributed by atoms with Crippen LogP contribution in [0, 0.1) is 0 Å². The Morgan fingerprint density at radius 3 is 2.57 bits per heavy atom. The summed E-state index contributed by atoms with van der Waals surface area (Å²) in [5, 5.41) is 6.85. The van der Waals surface area contributed by atoms with Crippen LogP contribution < -0.4 is 10.6 Å². The summed E-state index contributed by atoms with van der Waals surface area (Å²) in [6.45, 7) is 3.19. The van der Waals surface area contributed by atoms with E-state index < -0.39 is 5.51 Å². The fourth-order valence-electron chi connectivity index (χ4n) is 2.65. The summed E-state index contributed by atoms with van der Waals surface area (Å²) in [7, 11) is 0. The number of anilines is 1. The first kappa shape index (κ1) is 16.5. The van der Waals surface area contributed by atoms with Crippen molar-refractivity contribution in [1.82, 2.24) is 5.32 Å². The van der Waals surface area contributed by atoms with Crippen LogP contribution in [0.4, 0.5) is 18.9 Å². The summed E-state index contributed by atoms with van der Waals surface area (Å²) in [5.74, 6) is 0. The van der Waals surface area contributed by atoms with E-state index in [2.05, 4.69) is 17.6 Å². The maximum atomic E-state index is 12.3. The molecule has 0 aromatic heterocycles. The Morgan fingerprint density at radius 2 is 2.00 bits per heavy atom. The van der Waals surface area contributed by atoms with E-state index in [0.29, 0.717) is 12.1 Å². The standard InChI is InChI=1S/C15H21F3N2S/c1-11(10-13-4-2-3-9-19-13)20-12-5-7-14(8-6-12)21-15(16,17)18/h5-8,11,13,19-20H,2-4,9-10H2,1H3. The summed E-state index contributed by atoms with van der Waals surface area (Å²) in [5.41, 5.74) is -3.36. The first-order valence-electron chi connectivity index (χ1n) is 7.28. The molecule has 21 heavy (non-hydrogen) atoms. The lowest BCUT2D eigenvalue weighted by Crippen LogP contribution is -2.37. The quantitative estimate of drug-likeness (QED) is 0.774. The van der Waals surface area contributed by atoms with E-state index >= 15 is 0 Å². The van der Waals surface area contributed by atoms with Crippen molar-refractivity contribution in [2.75, 3.05) is 11.9 Å². The Kier molecular flexibility index (Phi) is 5.81. The normalized spacial score (nSPS) is 21.0. The fourth-order valence-corrected chi connectivity index (χ4v) is 3.19. The Bertz CT molecular complexity index is 428. The Morgan fingerprint density at radius 1 is 1.29 bits per heavy atom. The molecule has 0 aliphatic carbocycles. The molecule has 2 nitrogen and oxygen atoms in total. The molecule has 0 saturated carbocycles. The van der Waals surface area contributed by atoms with Gasteiger partial charge in [0, 0.05) is 22.7 Å². The van der Waals surface area contributed by atoms with Crippen molar-refractivity contribution in [2.24, 2.45) is 0 Å². The second-order valence-corrected chi connectivity index (χ2v) is 6.64. The average molecular weight is 318 g/mol. The van der Waals surface area contributed by atoms with Gasteiger partial charge in [-0.2, -0.15) is 13.2 Å². The van der Waals surface area contributed by atoms with E-state index in [1.807, 2.05) is 0 Å². The number of hydrogen-bond donors (Lipinski definition) is 2.